The number of hydrogen-bond acceptors (Lipinski definition) is 5. The first-order valence-corrected chi connectivity index (χ1v) is 10.1. The second-order valence-corrected chi connectivity index (χ2v) is 7.06. The molecule has 0 bridgehead atoms. The number of esters is 1. The molecule has 160 valence electrons. The fraction of sp³-hybridized carbons (Fsp3) is 0.240. The Labute approximate surface area is 181 Å². The highest BCUT2D eigenvalue weighted by atomic mass is 16.5. The Morgan fingerprint density at radius 1 is 0.935 bits per heavy atom. The van der Waals surface area contributed by atoms with E-state index in [2.05, 4.69) is 5.32 Å². The number of Topliss-reactive ketones (excluding diaryl/α,β-unsaturated/α-hetero) is 1. The number of rotatable bonds is 9. The second-order valence-electron chi connectivity index (χ2n) is 7.06. The van der Waals surface area contributed by atoms with Crippen molar-refractivity contribution < 1.29 is 23.9 Å². The van der Waals surface area contributed by atoms with Crippen LogP contribution in [0.2, 0.25) is 0 Å². The summed E-state index contributed by atoms with van der Waals surface area (Å²) in [5.74, 6) is -0.361. The summed E-state index contributed by atoms with van der Waals surface area (Å²) < 4.78 is 10.8. The molecule has 0 aromatic heterocycles. The molecule has 6 nitrogen and oxygen atoms in total. The molecule has 31 heavy (non-hydrogen) atoms. The Hall–Kier alpha value is -3.67. The maximum Gasteiger partial charge on any atom is 0.325 e. The third kappa shape index (κ3) is 5.92. The Morgan fingerprint density at radius 3 is 2.48 bits per heavy atom. The van der Waals surface area contributed by atoms with Gasteiger partial charge in [0.15, 0.2) is 5.78 Å². The predicted octanol–water partition coefficient (Wildman–Crippen LogP) is 3.84. The van der Waals surface area contributed by atoms with Crippen molar-refractivity contribution in [1.29, 1.82) is 0 Å². The normalized spacial score (nSPS) is 10.5. The summed E-state index contributed by atoms with van der Waals surface area (Å²) >= 11 is 0. The van der Waals surface area contributed by atoms with Crippen molar-refractivity contribution in [3.8, 4) is 5.75 Å². The molecule has 0 radical (unpaired) electrons. The van der Waals surface area contributed by atoms with Crippen LogP contribution in [0.5, 0.6) is 5.75 Å². The standard InChI is InChI=1S/C25H25NO5/c1-3-30-23-12-11-19(17(2)27)13-21(23)16-31-25(29)15-26-24(28)14-20-9-6-8-18-7-4-5-10-22(18)20/h4-13H,3,14-16H2,1-2H3,(H,26,28). The number of benzene rings is 3. The van der Waals surface area contributed by atoms with Crippen LogP contribution < -0.4 is 10.1 Å². The minimum atomic E-state index is -0.568. The number of nitrogens with one attached hydrogen (secondary N) is 1. The zero-order valence-electron chi connectivity index (χ0n) is 17.6. The van der Waals surface area contributed by atoms with Gasteiger partial charge < -0.3 is 14.8 Å². The van der Waals surface area contributed by atoms with Crippen molar-refractivity contribution in [2.45, 2.75) is 26.9 Å². The summed E-state index contributed by atoms with van der Waals surface area (Å²) in [6, 6.07) is 18.7. The molecule has 1 amide bonds. The molecule has 0 aliphatic carbocycles. The molecule has 3 aromatic carbocycles. The lowest BCUT2D eigenvalue weighted by Gasteiger charge is -2.12. The van der Waals surface area contributed by atoms with E-state index in [0.29, 0.717) is 23.5 Å². The molecule has 0 saturated heterocycles. The van der Waals surface area contributed by atoms with Crippen LogP contribution in [0.15, 0.2) is 60.7 Å². The largest absolute Gasteiger partial charge is 0.493 e. The van der Waals surface area contributed by atoms with Crippen LogP contribution in [0.1, 0.15) is 35.3 Å². The van der Waals surface area contributed by atoms with Gasteiger partial charge in [-0.15, -0.1) is 0 Å². The van der Waals surface area contributed by atoms with E-state index in [1.54, 1.807) is 18.2 Å². The Kier molecular flexibility index (Phi) is 7.38. The minimum absolute atomic E-state index is 0.0471. The van der Waals surface area contributed by atoms with Gasteiger partial charge in [-0.05, 0) is 48.4 Å². The number of amides is 1. The summed E-state index contributed by atoms with van der Waals surface area (Å²) in [7, 11) is 0. The Bertz CT molecular complexity index is 1100. The number of ketones is 1. The van der Waals surface area contributed by atoms with E-state index in [0.717, 1.165) is 16.3 Å². The van der Waals surface area contributed by atoms with Crippen LogP contribution in [0.4, 0.5) is 0 Å². The van der Waals surface area contributed by atoms with Gasteiger partial charge in [-0.2, -0.15) is 0 Å². The molecule has 0 spiro atoms. The van der Waals surface area contributed by atoms with Gasteiger partial charge in [0.25, 0.3) is 0 Å². The topological polar surface area (TPSA) is 81.7 Å². The molecular formula is C25H25NO5. The van der Waals surface area contributed by atoms with Gasteiger partial charge in [0.1, 0.15) is 18.9 Å². The van der Waals surface area contributed by atoms with Crippen molar-refractivity contribution in [3.63, 3.8) is 0 Å². The number of fused-ring (bicyclic) bond motifs is 1. The van der Waals surface area contributed by atoms with Gasteiger partial charge in [-0.3, -0.25) is 14.4 Å². The molecule has 3 rings (SSSR count). The minimum Gasteiger partial charge on any atom is -0.493 e. The fourth-order valence-corrected chi connectivity index (χ4v) is 3.27. The summed E-state index contributed by atoms with van der Waals surface area (Å²) in [4.78, 5) is 36.1. The fourth-order valence-electron chi connectivity index (χ4n) is 3.27. The van der Waals surface area contributed by atoms with E-state index in [1.807, 2.05) is 49.4 Å². The second kappa shape index (κ2) is 10.4. The summed E-state index contributed by atoms with van der Waals surface area (Å²) in [6.45, 7) is 3.48. The van der Waals surface area contributed by atoms with E-state index in [9.17, 15) is 14.4 Å². The first kappa shape index (κ1) is 22.0. The molecule has 0 aliphatic rings. The van der Waals surface area contributed by atoms with Gasteiger partial charge in [-0.1, -0.05) is 42.5 Å². The number of hydrogen-bond donors (Lipinski definition) is 1. The van der Waals surface area contributed by atoms with Crippen molar-refractivity contribution in [3.05, 3.63) is 77.4 Å². The van der Waals surface area contributed by atoms with E-state index >= 15 is 0 Å². The van der Waals surface area contributed by atoms with Crippen LogP contribution in [0, 0.1) is 0 Å². The molecule has 0 atom stereocenters. The first-order valence-electron chi connectivity index (χ1n) is 10.1. The molecule has 0 heterocycles. The average molecular weight is 419 g/mol. The quantitative estimate of drug-likeness (QED) is 0.421. The van der Waals surface area contributed by atoms with E-state index in [-0.39, 0.29) is 31.3 Å². The molecule has 1 N–H and O–H groups in total. The maximum absolute atomic E-state index is 12.3. The predicted molar refractivity (Wildman–Crippen MR) is 118 cm³/mol. The maximum atomic E-state index is 12.3. The van der Waals surface area contributed by atoms with E-state index < -0.39 is 5.97 Å². The molecular weight excluding hydrogens is 394 g/mol. The first-order chi connectivity index (χ1) is 15.0. The van der Waals surface area contributed by atoms with Crippen molar-refractivity contribution in [1.82, 2.24) is 5.32 Å². The van der Waals surface area contributed by atoms with Crippen LogP contribution in [-0.4, -0.2) is 30.8 Å². The molecule has 0 aliphatic heterocycles. The van der Waals surface area contributed by atoms with Crippen LogP contribution in [0.25, 0.3) is 10.8 Å². The lowest BCUT2D eigenvalue weighted by atomic mass is 10.0. The lowest BCUT2D eigenvalue weighted by Crippen LogP contribution is -2.31. The SMILES string of the molecule is CCOc1ccc(C(C)=O)cc1COC(=O)CNC(=O)Cc1cccc2ccccc12. The Balaban J connectivity index is 1.55. The lowest BCUT2D eigenvalue weighted by molar-refractivity contribution is -0.145. The number of carbonyl (C=O) groups is 3. The highest BCUT2D eigenvalue weighted by molar-refractivity contribution is 5.94. The van der Waals surface area contributed by atoms with Gasteiger partial charge in [0.2, 0.25) is 5.91 Å². The number of carbonyl (C=O) groups excluding carboxylic acids is 3. The summed E-state index contributed by atoms with van der Waals surface area (Å²) in [5, 5.41) is 4.67. The number of ether oxygens (including phenoxy) is 2. The van der Waals surface area contributed by atoms with Crippen LogP contribution in [-0.2, 0) is 27.4 Å². The third-order valence-electron chi connectivity index (χ3n) is 4.82. The van der Waals surface area contributed by atoms with Crippen molar-refractivity contribution >= 4 is 28.4 Å². The molecule has 0 saturated carbocycles. The molecule has 0 unspecified atom stereocenters. The van der Waals surface area contributed by atoms with Crippen molar-refractivity contribution in [2.75, 3.05) is 13.2 Å². The smallest absolute Gasteiger partial charge is 0.325 e. The zero-order chi connectivity index (χ0) is 22.2. The van der Waals surface area contributed by atoms with Gasteiger partial charge in [-0.25, -0.2) is 0 Å². The van der Waals surface area contributed by atoms with E-state index in [4.69, 9.17) is 9.47 Å². The van der Waals surface area contributed by atoms with Crippen LogP contribution >= 0.6 is 0 Å². The third-order valence-corrected chi connectivity index (χ3v) is 4.82. The van der Waals surface area contributed by atoms with Gasteiger partial charge in [0.05, 0.1) is 13.0 Å². The van der Waals surface area contributed by atoms with E-state index in [1.165, 1.54) is 6.92 Å². The summed E-state index contributed by atoms with van der Waals surface area (Å²) in [5.41, 5.74) is 2.01. The van der Waals surface area contributed by atoms with Crippen molar-refractivity contribution in [2.24, 2.45) is 0 Å². The molecule has 3 aromatic rings. The molecule has 6 heteroatoms. The van der Waals surface area contributed by atoms with Crippen LogP contribution in [0.3, 0.4) is 0 Å². The Morgan fingerprint density at radius 2 is 1.71 bits per heavy atom. The highest BCUT2D eigenvalue weighted by Crippen LogP contribution is 2.22. The average Bonchev–Trinajstić information content (AvgIpc) is 2.77. The molecule has 0 fully saturated rings. The van der Waals surface area contributed by atoms with Gasteiger partial charge in [0, 0.05) is 11.1 Å². The summed E-state index contributed by atoms with van der Waals surface area (Å²) in [6.07, 6.45) is 0.170. The highest BCUT2D eigenvalue weighted by Gasteiger charge is 2.12. The van der Waals surface area contributed by atoms with Gasteiger partial charge >= 0.3 is 5.97 Å². The zero-order valence-corrected chi connectivity index (χ0v) is 17.6. The monoisotopic (exact) mass is 419 g/mol.